The zero-order valence-electron chi connectivity index (χ0n) is 17.6. The summed E-state index contributed by atoms with van der Waals surface area (Å²) >= 11 is 5.94. The number of carbonyl (C=O) groups is 1. The fourth-order valence-electron chi connectivity index (χ4n) is 3.39. The van der Waals surface area contributed by atoms with Gasteiger partial charge in [0.05, 0.1) is 12.8 Å². The molecule has 1 amide bonds. The SMILES string of the molecule is COc1ccccc1NC(=NCCc1c[nH]c2ccccc12)NC(=O)c1ccc(Cl)cc1. The molecule has 6 nitrogen and oxygen atoms in total. The molecule has 1 heterocycles. The number of aromatic amines is 1. The zero-order chi connectivity index (χ0) is 22.3. The minimum Gasteiger partial charge on any atom is -0.495 e. The van der Waals surface area contributed by atoms with Crippen LogP contribution in [0.1, 0.15) is 15.9 Å². The van der Waals surface area contributed by atoms with Crippen LogP contribution in [0.15, 0.2) is 84.0 Å². The number of anilines is 1. The summed E-state index contributed by atoms with van der Waals surface area (Å²) in [6.45, 7) is 0.486. The Kier molecular flexibility index (Phi) is 6.72. The smallest absolute Gasteiger partial charge is 0.257 e. The van der Waals surface area contributed by atoms with Gasteiger partial charge in [0.1, 0.15) is 5.75 Å². The Bertz CT molecular complexity index is 1250. The normalized spacial score (nSPS) is 11.4. The van der Waals surface area contributed by atoms with Gasteiger partial charge in [-0.3, -0.25) is 15.1 Å². The lowest BCUT2D eigenvalue weighted by molar-refractivity contribution is 0.0977. The van der Waals surface area contributed by atoms with Crippen LogP contribution in [0.2, 0.25) is 5.02 Å². The second kappa shape index (κ2) is 10.0. The number of carbonyl (C=O) groups excluding carboxylic acids is 1. The minimum atomic E-state index is -0.282. The second-order valence-corrected chi connectivity index (χ2v) is 7.56. The monoisotopic (exact) mass is 446 g/mol. The molecule has 0 atom stereocenters. The van der Waals surface area contributed by atoms with Crippen molar-refractivity contribution in [3.63, 3.8) is 0 Å². The van der Waals surface area contributed by atoms with Crippen LogP contribution < -0.4 is 15.4 Å². The van der Waals surface area contributed by atoms with E-state index in [4.69, 9.17) is 16.3 Å². The van der Waals surface area contributed by atoms with Gasteiger partial charge in [0.25, 0.3) is 5.91 Å². The highest BCUT2D eigenvalue weighted by atomic mass is 35.5. The standard InChI is InChI=1S/C25H23ClN4O2/c1-32-23-9-5-4-8-22(23)29-25(30-24(31)17-10-12-19(26)13-11-17)27-15-14-18-16-28-21-7-3-2-6-20(18)21/h2-13,16,28H,14-15H2,1H3,(H2,27,29,30,31). The number of H-pyrrole nitrogens is 1. The molecule has 0 spiro atoms. The molecule has 0 bridgehead atoms. The summed E-state index contributed by atoms with van der Waals surface area (Å²) in [5.74, 6) is 0.710. The number of guanidine groups is 1. The highest BCUT2D eigenvalue weighted by molar-refractivity contribution is 6.30. The summed E-state index contributed by atoms with van der Waals surface area (Å²) in [6.07, 6.45) is 2.72. The molecule has 3 aromatic carbocycles. The molecule has 4 aromatic rings. The van der Waals surface area contributed by atoms with Gasteiger partial charge in [-0.2, -0.15) is 0 Å². The molecule has 162 valence electrons. The number of aromatic nitrogens is 1. The summed E-state index contributed by atoms with van der Waals surface area (Å²) in [6, 6.07) is 22.3. The molecular formula is C25H23ClN4O2. The highest BCUT2D eigenvalue weighted by Crippen LogP contribution is 2.23. The zero-order valence-corrected chi connectivity index (χ0v) is 18.3. The largest absolute Gasteiger partial charge is 0.495 e. The number of hydrogen-bond acceptors (Lipinski definition) is 3. The van der Waals surface area contributed by atoms with E-state index in [1.54, 1.807) is 31.4 Å². The van der Waals surface area contributed by atoms with Crippen molar-refractivity contribution in [1.29, 1.82) is 0 Å². The first-order valence-electron chi connectivity index (χ1n) is 10.2. The summed E-state index contributed by atoms with van der Waals surface area (Å²) in [5, 5.41) is 7.79. The maximum absolute atomic E-state index is 12.8. The molecule has 1 aromatic heterocycles. The van der Waals surface area contributed by atoms with Crippen LogP contribution in [0.3, 0.4) is 0 Å². The van der Waals surface area contributed by atoms with E-state index in [2.05, 4.69) is 26.7 Å². The number of nitrogens with zero attached hydrogens (tertiary/aromatic N) is 1. The van der Waals surface area contributed by atoms with Crippen molar-refractivity contribution >= 4 is 40.1 Å². The van der Waals surface area contributed by atoms with Gasteiger partial charge >= 0.3 is 0 Å². The molecular weight excluding hydrogens is 424 g/mol. The summed E-state index contributed by atoms with van der Waals surface area (Å²) in [7, 11) is 1.60. The third-order valence-electron chi connectivity index (χ3n) is 5.02. The van der Waals surface area contributed by atoms with Crippen LogP contribution in [-0.2, 0) is 6.42 Å². The van der Waals surface area contributed by atoms with E-state index in [9.17, 15) is 4.79 Å². The highest BCUT2D eigenvalue weighted by Gasteiger charge is 2.12. The summed E-state index contributed by atoms with van der Waals surface area (Å²) < 4.78 is 5.41. The van der Waals surface area contributed by atoms with E-state index in [1.165, 1.54) is 10.9 Å². The molecule has 32 heavy (non-hydrogen) atoms. The van der Waals surface area contributed by atoms with Crippen LogP contribution in [0.5, 0.6) is 5.75 Å². The van der Waals surface area contributed by atoms with Gasteiger partial charge in [-0.25, -0.2) is 0 Å². The van der Waals surface area contributed by atoms with E-state index >= 15 is 0 Å². The van der Waals surface area contributed by atoms with E-state index in [1.807, 2.05) is 48.7 Å². The molecule has 7 heteroatoms. The average Bonchev–Trinajstić information content (AvgIpc) is 3.23. The van der Waals surface area contributed by atoms with Crippen molar-refractivity contribution in [1.82, 2.24) is 10.3 Å². The Morgan fingerprint density at radius 1 is 1.03 bits per heavy atom. The predicted octanol–water partition coefficient (Wildman–Crippen LogP) is 5.27. The maximum Gasteiger partial charge on any atom is 0.257 e. The molecule has 0 aliphatic rings. The van der Waals surface area contributed by atoms with Crippen molar-refractivity contribution in [2.45, 2.75) is 6.42 Å². The summed E-state index contributed by atoms with van der Waals surface area (Å²) in [5.41, 5.74) is 3.46. The van der Waals surface area contributed by atoms with E-state index in [0.717, 1.165) is 11.9 Å². The topological polar surface area (TPSA) is 78.5 Å². The van der Waals surface area contributed by atoms with Gasteiger partial charge in [0.15, 0.2) is 0 Å². The van der Waals surface area contributed by atoms with Gasteiger partial charge < -0.3 is 15.0 Å². The first-order valence-corrected chi connectivity index (χ1v) is 10.6. The Labute approximate surface area is 191 Å². The number of benzene rings is 3. The molecule has 0 radical (unpaired) electrons. The Hall–Kier alpha value is -3.77. The first-order chi connectivity index (χ1) is 15.6. The quantitative estimate of drug-likeness (QED) is 0.279. The second-order valence-electron chi connectivity index (χ2n) is 7.13. The first kappa shape index (κ1) is 21.5. The van der Waals surface area contributed by atoms with Crippen LogP contribution in [0, 0.1) is 0 Å². The number of methoxy groups -OCH3 is 1. The van der Waals surface area contributed by atoms with Gasteiger partial charge in [0, 0.05) is 34.2 Å². The Balaban J connectivity index is 1.54. The lowest BCUT2D eigenvalue weighted by atomic mass is 10.1. The van der Waals surface area contributed by atoms with Crippen molar-refractivity contribution in [2.24, 2.45) is 4.99 Å². The fourth-order valence-corrected chi connectivity index (χ4v) is 3.52. The number of para-hydroxylation sites is 3. The maximum atomic E-state index is 12.8. The van der Waals surface area contributed by atoms with E-state index in [-0.39, 0.29) is 5.91 Å². The van der Waals surface area contributed by atoms with Crippen molar-refractivity contribution in [2.75, 3.05) is 19.0 Å². The molecule has 0 aliphatic carbocycles. The number of amides is 1. The van der Waals surface area contributed by atoms with Crippen LogP contribution in [-0.4, -0.2) is 30.5 Å². The number of ether oxygens (including phenoxy) is 1. The minimum absolute atomic E-state index is 0.282. The van der Waals surface area contributed by atoms with Gasteiger partial charge in [0.2, 0.25) is 5.96 Å². The number of fused-ring (bicyclic) bond motifs is 1. The predicted molar refractivity (Wildman–Crippen MR) is 130 cm³/mol. The van der Waals surface area contributed by atoms with Crippen LogP contribution in [0.25, 0.3) is 10.9 Å². The lowest BCUT2D eigenvalue weighted by Gasteiger charge is -2.14. The van der Waals surface area contributed by atoms with Gasteiger partial charge in [-0.1, -0.05) is 41.9 Å². The Morgan fingerprint density at radius 3 is 2.59 bits per heavy atom. The molecule has 0 fully saturated rings. The molecule has 3 N–H and O–H groups in total. The number of hydrogen-bond donors (Lipinski definition) is 3. The average molecular weight is 447 g/mol. The Morgan fingerprint density at radius 2 is 1.78 bits per heavy atom. The molecule has 0 saturated heterocycles. The molecule has 0 aliphatic heterocycles. The third-order valence-corrected chi connectivity index (χ3v) is 5.28. The van der Waals surface area contributed by atoms with Crippen LogP contribution in [0.4, 0.5) is 5.69 Å². The van der Waals surface area contributed by atoms with Gasteiger partial charge in [-0.05, 0) is 54.4 Å². The number of halogens is 1. The summed E-state index contributed by atoms with van der Waals surface area (Å²) in [4.78, 5) is 20.7. The van der Waals surface area contributed by atoms with E-state index < -0.39 is 0 Å². The number of rotatable bonds is 6. The van der Waals surface area contributed by atoms with Crippen molar-refractivity contribution in [3.05, 3.63) is 95.1 Å². The van der Waals surface area contributed by atoms with Crippen molar-refractivity contribution < 1.29 is 9.53 Å². The van der Waals surface area contributed by atoms with E-state index in [0.29, 0.717) is 34.5 Å². The van der Waals surface area contributed by atoms with Crippen LogP contribution >= 0.6 is 11.6 Å². The third kappa shape index (κ3) is 5.10. The molecule has 4 rings (SSSR count). The number of nitrogens with one attached hydrogen (secondary N) is 3. The van der Waals surface area contributed by atoms with Gasteiger partial charge in [-0.15, -0.1) is 0 Å². The molecule has 0 saturated carbocycles. The fraction of sp³-hybridized carbons (Fsp3) is 0.120. The van der Waals surface area contributed by atoms with Crippen molar-refractivity contribution in [3.8, 4) is 5.75 Å². The molecule has 0 unspecified atom stereocenters. The number of aliphatic imine (C=N–C) groups is 1. The lowest BCUT2D eigenvalue weighted by Crippen LogP contribution is -2.36.